The molecular weight excluding hydrogens is 380 g/mol. The van der Waals surface area contributed by atoms with E-state index in [0.717, 1.165) is 19.4 Å². The molecule has 7 heteroatoms. The Balaban J connectivity index is 1.53. The number of anilines is 2. The monoisotopic (exact) mass is 410 g/mol. The zero-order valence-corrected chi connectivity index (χ0v) is 17.8. The van der Waals surface area contributed by atoms with Gasteiger partial charge in [-0.15, -0.1) is 0 Å². The van der Waals surface area contributed by atoms with Gasteiger partial charge in [-0.05, 0) is 56.4 Å². The van der Waals surface area contributed by atoms with Gasteiger partial charge >= 0.3 is 0 Å². The second kappa shape index (κ2) is 8.20. The average molecular weight is 411 g/mol. The summed E-state index contributed by atoms with van der Waals surface area (Å²) in [5.41, 5.74) is 1.02. The van der Waals surface area contributed by atoms with E-state index in [4.69, 9.17) is 0 Å². The second-order valence-electron chi connectivity index (χ2n) is 9.19. The number of ketones is 1. The minimum atomic E-state index is -0.178. The van der Waals surface area contributed by atoms with Crippen LogP contribution in [0.15, 0.2) is 24.7 Å². The molecular formula is C23H30N4O3. The fourth-order valence-electron chi connectivity index (χ4n) is 4.02. The number of amides is 2. The van der Waals surface area contributed by atoms with Gasteiger partial charge in [0.1, 0.15) is 17.4 Å². The third-order valence-electron chi connectivity index (χ3n) is 5.95. The number of carbonyl (C=O) groups is 3. The van der Waals surface area contributed by atoms with Gasteiger partial charge in [0.05, 0.1) is 17.4 Å². The van der Waals surface area contributed by atoms with Crippen molar-refractivity contribution in [3.05, 3.63) is 30.2 Å². The van der Waals surface area contributed by atoms with Gasteiger partial charge in [-0.3, -0.25) is 14.5 Å². The first-order chi connectivity index (χ1) is 14.3. The fraction of sp³-hybridized carbons (Fsp3) is 0.565. The highest BCUT2D eigenvalue weighted by atomic mass is 16.2. The summed E-state index contributed by atoms with van der Waals surface area (Å²) in [6.07, 6.45) is 6.93. The predicted octanol–water partition coefficient (Wildman–Crippen LogP) is 3.58. The SMILES string of the molecule is C=C1N(CC2CC2)C(=O)c2cc(NC(=O)CC(C)CC(C)=O)cnc2N1CC1CC1. The van der Waals surface area contributed by atoms with Crippen molar-refractivity contribution in [2.75, 3.05) is 23.3 Å². The normalized spacial score (nSPS) is 19.5. The van der Waals surface area contributed by atoms with Crippen LogP contribution in [0.3, 0.4) is 0 Å². The first kappa shape index (κ1) is 20.6. The molecule has 1 aromatic heterocycles. The van der Waals surface area contributed by atoms with Crippen molar-refractivity contribution < 1.29 is 14.4 Å². The molecule has 3 aliphatic rings. The molecule has 1 N–H and O–H groups in total. The van der Waals surface area contributed by atoms with E-state index in [9.17, 15) is 14.4 Å². The van der Waals surface area contributed by atoms with Crippen LogP contribution in [0.25, 0.3) is 0 Å². The Morgan fingerprint density at radius 3 is 2.40 bits per heavy atom. The molecule has 1 aromatic rings. The quantitative estimate of drug-likeness (QED) is 0.673. The molecule has 30 heavy (non-hydrogen) atoms. The summed E-state index contributed by atoms with van der Waals surface area (Å²) in [5.74, 6) is 2.29. The summed E-state index contributed by atoms with van der Waals surface area (Å²) in [5, 5.41) is 2.84. The van der Waals surface area contributed by atoms with Gasteiger partial charge in [-0.25, -0.2) is 4.98 Å². The fourth-order valence-corrected chi connectivity index (χ4v) is 4.02. The van der Waals surface area contributed by atoms with Crippen molar-refractivity contribution >= 4 is 29.1 Å². The predicted molar refractivity (Wildman–Crippen MR) is 115 cm³/mol. The molecule has 1 atom stereocenters. The van der Waals surface area contributed by atoms with Crippen molar-refractivity contribution in [2.24, 2.45) is 17.8 Å². The summed E-state index contributed by atoms with van der Waals surface area (Å²) < 4.78 is 0. The van der Waals surface area contributed by atoms with E-state index in [2.05, 4.69) is 21.8 Å². The van der Waals surface area contributed by atoms with Crippen molar-refractivity contribution in [1.29, 1.82) is 0 Å². The number of fused-ring (bicyclic) bond motifs is 1. The molecule has 2 saturated carbocycles. The van der Waals surface area contributed by atoms with Crippen molar-refractivity contribution in [3.8, 4) is 0 Å². The minimum absolute atomic E-state index is 0.0268. The second-order valence-corrected chi connectivity index (χ2v) is 9.19. The number of hydrogen-bond donors (Lipinski definition) is 1. The Bertz CT molecular complexity index is 888. The van der Waals surface area contributed by atoms with Crippen LogP contribution in [0.5, 0.6) is 0 Å². The van der Waals surface area contributed by atoms with Crippen molar-refractivity contribution in [2.45, 2.75) is 52.4 Å². The number of Topliss-reactive ketones (excluding diaryl/α,β-unsaturated/α-hetero) is 1. The van der Waals surface area contributed by atoms with E-state index in [1.807, 2.05) is 6.92 Å². The van der Waals surface area contributed by atoms with E-state index in [1.165, 1.54) is 19.8 Å². The zero-order chi connectivity index (χ0) is 21.4. The van der Waals surface area contributed by atoms with E-state index < -0.39 is 0 Å². The highest BCUT2D eigenvalue weighted by Gasteiger charge is 2.39. The molecule has 2 heterocycles. The van der Waals surface area contributed by atoms with E-state index in [1.54, 1.807) is 17.2 Å². The highest BCUT2D eigenvalue weighted by Crippen LogP contribution is 2.39. The Morgan fingerprint density at radius 1 is 1.17 bits per heavy atom. The molecule has 0 aromatic carbocycles. The molecule has 2 amide bonds. The van der Waals surface area contributed by atoms with Crippen LogP contribution >= 0.6 is 0 Å². The first-order valence-electron chi connectivity index (χ1n) is 10.9. The molecule has 2 aliphatic carbocycles. The van der Waals surface area contributed by atoms with Crippen LogP contribution in [0.1, 0.15) is 62.7 Å². The van der Waals surface area contributed by atoms with Crippen LogP contribution in [-0.4, -0.2) is 40.6 Å². The van der Waals surface area contributed by atoms with Crippen LogP contribution in [0.4, 0.5) is 11.5 Å². The molecule has 0 radical (unpaired) electrons. The lowest BCUT2D eigenvalue weighted by atomic mass is 10.0. The Kier molecular flexibility index (Phi) is 5.62. The number of aromatic nitrogens is 1. The van der Waals surface area contributed by atoms with Crippen LogP contribution < -0.4 is 10.2 Å². The number of nitrogens with one attached hydrogen (secondary N) is 1. The zero-order valence-electron chi connectivity index (χ0n) is 17.8. The molecule has 4 rings (SSSR count). The number of pyridine rings is 1. The van der Waals surface area contributed by atoms with Gasteiger partial charge in [0.25, 0.3) is 5.91 Å². The molecule has 7 nitrogen and oxygen atoms in total. The maximum Gasteiger partial charge on any atom is 0.263 e. The lowest BCUT2D eigenvalue weighted by molar-refractivity contribution is -0.119. The summed E-state index contributed by atoms with van der Waals surface area (Å²) in [6, 6.07) is 1.73. The van der Waals surface area contributed by atoms with Crippen LogP contribution in [-0.2, 0) is 9.59 Å². The van der Waals surface area contributed by atoms with Gasteiger partial charge in [-0.2, -0.15) is 0 Å². The standard InChI is InChI=1S/C23H30N4O3/c1-14(8-15(2)28)9-21(29)25-19-10-20-22(24-11-19)26(12-17-4-5-17)16(3)27(23(20)30)13-18-6-7-18/h10-11,14,17-18H,3-9,12-13H2,1-2H3,(H,25,29). The van der Waals surface area contributed by atoms with Crippen molar-refractivity contribution in [3.63, 3.8) is 0 Å². The molecule has 0 bridgehead atoms. The molecule has 1 aliphatic heterocycles. The Hall–Kier alpha value is -2.70. The number of hydrogen-bond acceptors (Lipinski definition) is 5. The molecule has 0 saturated heterocycles. The average Bonchev–Trinajstić information content (AvgIpc) is 3.57. The van der Waals surface area contributed by atoms with Gasteiger partial charge in [0.2, 0.25) is 5.91 Å². The Labute approximate surface area is 177 Å². The van der Waals surface area contributed by atoms with Gasteiger partial charge in [-0.1, -0.05) is 13.5 Å². The van der Waals surface area contributed by atoms with E-state index in [-0.39, 0.29) is 29.9 Å². The molecule has 2 fully saturated rings. The largest absolute Gasteiger partial charge is 0.325 e. The van der Waals surface area contributed by atoms with Gasteiger partial charge < -0.3 is 15.0 Å². The smallest absolute Gasteiger partial charge is 0.263 e. The molecule has 0 spiro atoms. The number of rotatable bonds is 9. The molecule has 160 valence electrons. The maximum absolute atomic E-state index is 13.2. The number of carbonyl (C=O) groups excluding carboxylic acids is 3. The van der Waals surface area contributed by atoms with Crippen LogP contribution in [0, 0.1) is 17.8 Å². The maximum atomic E-state index is 13.2. The lowest BCUT2D eigenvalue weighted by Gasteiger charge is -2.39. The summed E-state index contributed by atoms with van der Waals surface area (Å²) >= 11 is 0. The third-order valence-corrected chi connectivity index (χ3v) is 5.95. The number of nitrogens with zero attached hydrogens (tertiary/aromatic N) is 3. The third kappa shape index (κ3) is 4.71. The summed E-state index contributed by atoms with van der Waals surface area (Å²) in [4.78, 5) is 45.2. The van der Waals surface area contributed by atoms with Gasteiger partial charge in [0.15, 0.2) is 0 Å². The molecule has 1 unspecified atom stereocenters. The van der Waals surface area contributed by atoms with E-state index in [0.29, 0.717) is 47.7 Å². The minimum Gasteiger partial charge on any atom is -0.325 e. The highest BCUT2D eigenvalue weighted by molar-refractivity contribution is 6.04. The summed E-state index contributed by atoms with van der Waals surface area (Å²) in [7, 11) is 0. The van der Waals surface area contributed by atoms with Crippen LogP contribution in [0.2, 0.25) is 0 Å². The lowest BCUT2D eigenvalue weighted by Crippen LogP contribution is -2.46. The Morgan fingerprint density at radius 2 is 1.80 bits per heavy atom. The van der Waals surface area contributed by atoms with E-state index >= 15 is 0 Å². The van der Waals surface area contributed by atoms with Crippen molar-refractivity contribution in [1.82, 2.24) is 9.88 Å². The van der Waals surface area contributed by atoms with Gasteiger partial charge in [0, 0.05) is 25.9 Å². The summed E-state index contributed by atoms with van der Waals surface area (Å²) in [6.45, 7) is 9.13. The topological polar surface area (TPSA) is 82.6 Å². The first-order valence-corrected chi connectivity index (χ1v) is 10.9.